The highest BCUT2D eigenvalue weighted by Crippen LogP contribution is 2.28. The average molecular weight is 423 g/mol. The van der Waals surface area contributed by atoms with Crippen molar-refractivity contribution in [3.63, 3.8) is 0 Å². The molecule has 1 aliphatic rings. The van der Waals surface area contributed by atoms with Crippen LogP contribution in [0.3, 0.4) is 0 Å². The summed E-state index contributed by atoms with van der Waals surface area (Å²) < 4.78 is 6.91. The lowest BCUT2D eigenvalue weighted by Crippen LogP contribution is -2.41. The van der Waals surface area contributed by atoms with E-state index in [-0.39, 0.29) is 23.5 Å². The molecule has 0 unspecified atom stereocenters. The molecule has 0 spiro atoms. The molecule has 9 heteroatoms. The maximum absolute atomic E-state index is 12.5. The largest absolute Gasteiger partial charge is 0.466 e. The number of ether oxygens (including phenoxy) is 1. The van der Waals surface area contributed by atoms with Crippen molar-refractivity contribution in [2.24, 2.45) is 13.0 Å². The molecule has 1 fully saturated rings. The molecule has 7 nitrogen and oxygen atoms in total. The quantitative estimate of drug-likeness (QED) is 0.526. The van der Waals surface area contributed by atoms with E-state index in [0.717, 1.165) is 5.56 Å². The third kappa shape index (κ3) is 4.67. The molecule has 0 atom stereocenters. The SMILES string of the molecule is CCOC(=O)C1CCN(C(=O)CSc2nnc(-c3ccccc3Cl)n2C)CC1. The summed E-state index contributed by atoms with van der Waals surface area (Å²) in [5.74, 6) is 0.715. The maximum atomic E-state index is 12.5. The zero-order valence-corrected chi connectivity index (χ0v) is 17.5. The van der Waals surface area contributed by atoms with Gasteiger partial charge >= 0.3 is 5.97 Å². The van der Waals surface area contributed by atoms with Crippen LogP contribution >= 0.6 is 23.4 Å². The van der Waals surface area contributed by atoms with E-state index in [2.05, 4.69) is 10.2 Å². The predicted octanol–water partition coefficient (Wildman–Crippen LogP) is 3.03. The molecule has 0 radical (unpaired) electrons. The van der Waals surface area contributed by atoms with Crippen LogP contribution in [0.4, 0.5) is 0 Å². The van der Waals surface area contributed by atoms with Crippen LogP contribution in [0.2, 0.25) is 5.02 Å². The van der Waals surface area contributed by atoms with Gasteiger partial charge in [0, 0.05) is 25.7 Å². The molecule has 2 heterocycles. The van der Waals surface area contributed by atoms with E-state index in [1.807, 2.05) is 35.9 Å². The molecular weight excluding hydrogens is 400 g/mol. The minimum atomic E-state index is -0.157. The second-order valence-corrected chi connectivity index (χ2v) is 7.89. The fourth-order valence-corrected chi connectivity index (χ4v) is 4.19. The van der Waals surface area contributed by atoms with Crippen molar-refractivity contribution in [2.45, 2.75) is 24.9 Å². The fourth-order valence-electron chi connectivity index (χ4n) is 3.16. The van der Waals surface area contributed by atoms with Gasteiger partial charge in [0.2, 0.25) is 5.91 Å². The third-order valence-corrected chi connectivity index (χ3v) is 6.08. The van der Waals surface area contributed by atoms with Crippen LogP contribution < -0.4 is 0 Å². The first kappa shape index (κ1) is 20.7. The summed E-state index contributed by atoms with van der Waals surface area (Å²) in [6.45, 7) is 3.35. The number of hydrogen-bond donors (Lipinski definition) is 0. The molecule has 1 amide bonds. The van der Waals surface area contributed by atoms with Crippen molar-refractivity contribution >= 4 is 35.2 Å². The summed E-state index contributed by atoms with van der Waals surface area (Å²) in [4.78, 5) is 26.1. The van der Waals surface area contributed by atoms with E-state index in [1.54, 1.807) is 11.8 Å². The van der Waals surface area contributed by atoms with Gasteiger partial charge in [0.1, 0.15) is 0 Å². The van der Waals surface area contributed by atoms with Crippen LogP contribution in [-0.2, 0) is 21.4 Å². The summed E-state index contributed by atoms with van der Waals surface area (Å²) in [6, 6.07) is 7.45. The zero-order chi connectivity index (χ0) is 20.1. The van der Waals surface area contributed by atoms with Gasteiger partial charge in [-0.1, -0.05) is 35.5 Å². The first-order chi connectivity index (χ1) is 13.5. The van der Waals surface area contributed by atoms with Gasteiger partial charge in [-0.05, 0) is 31.9 Å². The van der Waals surface area contributed by atoms with E-state index in [9.17, 15) is 9.59 Å². The van der Waals surface area contributed by atoms with Gasteiger partial charge in [0.05, 0.1) is 23.3 Å². The van der Waals surface area contributed by atoms with Crippen molar-refractivity contribution in [2.75, 3.05) is 25.4 Å². The first-order valence-electron chi connectivity index (χ1n) is 9.22. The molecule has 1 aliphatic heterocycles. The summed E-state index contributed by atoms with van der Waals surface area (Å²) >= 11 is 7.59. The van der Waals surface area contributed by atoms with Crippen molar-refractivity contribution in [3.05, 3.63) is 29.3 Å². The number of halogens is 1. The average Bonchev–Trinajstić information content (AvgIpc) is 3.07. The number of carbonyl (C=O) groups excluding carboxylic acids is 2. The lowest BCUT2D eigenvalue weighted by atomic mass is 9.97. The predicted molar refractivity (Wildman–Crippen MR) is 108 cm³/mol. The summed E-state index contributed by atoms with van der Waals surface area (Å²) in [7, 11) is 1.86. The molecule has 1 saturated heterocycles. The Hall–Kier alpha value is -2.06. The number of likely N-dealkylation sites (tertiary alicyclic amines) is 1. The van der Waals surface area contributed by atoms with Gasteiger partial charge in [0.15, 0.2) is 11.0 Å². The van der Waals surface area contributed by atoms with E-state index in [1.165, 1.54) is 11.8 Å². The first-order valence-corrected chi connectivity index (χ1v) is 10.6. The van der Waals surface area contributed by atoms with Crippen molar-refractivity contribution in [1.29, 1.82) is 0 Å². The van der Waals surface area contributed by atoms with Gasteiger partial charge in [0.25, 0.3) is 0 Å². The Morgan fingerprint density at radius 3 is 2.64 bits per heavy atom. The standard InChI is InChI=1S/C19H23ClN4O3S/c1-3-27-18(26)13-8-10-24(11-9-13)16(25)12-28-19-22-21-17(23(19)2)14-6-4-5-7-15(14)20/h4-7,13H,3,8-12H2,1-2H3. The topological polar surface area (TPSA) is 77.3 Å². The number of thioether (sulfide) groups is 1. The van der Waals surface area contributed by atoms with Crippen molar-refractivity contribution < 1.29 is 14.3 Å². The van der Waals surface area contributed by atoms with Gasteiger partial charge in [-0.15, -0.1) is 10.2 Å². The monoisotopic (exact) mass is 422 g/mol. The molecule has 0 saturated carbocycles. The number of esters is 1. The Labute approximate surface area is 173 Å². The number of benzene rings is 1. The zero-order valence-electron chi connectivity index (χ0n) is 15.9. The smallest absolute Gasteiger partial charge is 0.309 e. The lowest BCUT2D eigenvalue weighted by Gasteiger charge is -2.30. The van der Waals surface area contributed by atoms with E-state index < -0.39 is 0 Å². The van der Waals surface area contributed by atoms with E-state index >= 15 is 0 Å². The Morgan fingerprint density at radius 2 is 1.96 bits per heavy atom. The number of rotatable bonds is 6. The van der Waals surface area contributed by atoms with E-state index in [0.29, 0.717) is 48.5 Å². The van der Waals surface area contributed by atoms with Crippen LogP contribution in [0.25, 0.3) is 11.4 Å². The van der Waals surface area contributed by atoms with Crippen LogP contribution in [0, 0.1) is 5.92 Å². The summed E-state index contributed by atoms with van der Waals surface area (Å²) in [5.41, 5.74) is 0.804. The number of amides is 1. The lowest BCUT2D eigenvalue weighted by molar-refractivity contribution is -0.151. The van der Waals surface area contributed by atoms with Crippen molar-refractivity contribution in [3.8, 4) is 11.4 Å². The van der Waals surface area contributed by atoms with Gasteiger partial charge in [-0.3, -0.25) is 9.59 Å². The molecule has 2 aromatic rings. The molecule has 0 N–H and O–H groups in total. The second-order valence-electron chi connectivity index (χ2n) is 6.54. The van der Waals surface area contributed by atoms with Crippen LogP contribution in [0.15, 0.2) is 29.4 Å². The summed E-state index contributed by atoms with van der Waals surface area (Å²) in [6.07, 6.45) is 1.30. The number of hydrogen-bond acceptors (Lipinski definition) is 6. The minimum Gasteiger partial charge on any atom is -0.466 e. The Morgan fingerprint density at radius 1 is 1.25 bits per heavy atom. The normalized spacial score (nSPS) is 14.9. The number of nitrogens with zero attached hydrogens (tertiary/aromatic N) is 4. The second kappa shape index (κ2) is 9.43. The number of aromatic nitrogens is 3. The van der Waals surface area contributed by atoms with Crippen molar-refractivity contribution in [1.82, 2.24) is 19.7 Å². The molecule has 0 aliphatic carbocycles. The molecule has 0 bridgehead atoms. The molecular formula is C19H23ClN4O3S. The summed E-state index contributed by atoms with van der Waals surface area (Å²) in [5, 5.41) is 9.67. The molecule has 1 aromatic carbocycles. The fraction of sp³-hybridized carbons (Fsp3) is 0.474. The van der Waals surface area contributed by atoms with Crippen LogP contribution in [-0.4, -0.2) is 57.0 Å². The van der Waals surface area contributed by atoms with Crippen LogP contribution in [0.5, 0.6) is 0 Å². The third-order valence-electron chi connectivity index (χ3n) is 4.74. The Balaban J connectivity index is 1.55. The van der Waals surface area contributed by atoms with E-state index in [4.69, 9.17) is 16.3 Å². The minimum absolute atomic E-state index is 0.0367. The Bertz CT molecular complexity index is 849. The molecule has 150 valence electrons. The highest BCUT2D eigenvalue weighted by atomic mass is 35.5. The van der Waals surface area contributed by atoms with Crippen LogP contribution in [0.1, 0.15) is 19.8 Å². The molecule has 1 aromatic heterocycles. The molecule has 3 rings (SSSR count). The maximum Gasteiger partial charge on any atom is 0.309 e. The van der Waals surface area contributed by atoms with Gasteiger partial charge in [-0.2, -0.15) is 0 Å². The highest BCUT2D eigenvalue weighted by molar-refractivity contribution is 7.99. The highest BCUT2D eigenvalue weighted by Gasteiger charge is 2.28. The number of piperidine rings is 1. The molecule has 28 heavy (non-hydrogen) atoms. The van der Waals surface area contributed by atoms with Gasteiger partial charge in [-0.25, -0.2) is 0 Å². The Kier molecular flexibility index (Phi) is 6.96. The number of carbonyl (C=O) groups is 2. The van der Waals surface area contributed by atoms with Gasteiger partial charge < -0.3 is 14.2 Å².